The Bertz CT molecular complexity index is 915. The fourth-order valence-corrected chi connectivity index (χ4v) is 5.61. The Labute approximate surface area is 160 Å². The fraction of sp³-hybridized carbons (Fsp3) is 0.235. The van der Waals surface area contributed by atoms with Crippen molar-refractivity contribution in [2.24, 2.45) is 0 Å². The van der Waals surface area contributed by atoms with Gasteiger partial charge in [0.05, 0.1) is 22.0 Å². The second-order valence-electron chi connectivity index (χ2n) is 5.69. The van der Waals surface area contributed by atoms with Crippen LogP contribution >= 0.6 is 43.2 Å². The first kappa shape index (κ1) is 16.2. The molecule has 7 heteroatoms. The van der Waals surface area contributed by atoms with Gasteiger partial charge in [-0.25, -0.2) is 4.98 Å². The molecule has 0 unspecified atom stereocenters. The van der Waals surface area contributed by atoms with Gasteiger partial charge in [-0.05, 0) is 68.0 Å². The van der Waals surface area contributed by atoms with Gasteiger partial charge in [-0.2, -0.15) is 0 Å². The Morgan fingerprint density at radius 3 is 2.67 bits per heavy atom. The van der Waals surface area contributed by atoms with E-state index in [0.29, 0.717) is 5.13 Å². The third-order valence-corrected chi connectivity index (χ3v) is 6.96. The summed E-state index contributed by atoms with van der Waals surface area (Å²) in [5.74, 6) is 0.867. The van der Waals surface area contributed by atoms with Gasteiger partial charge in [0, 0.05) is 17.0 Å². The Morgan fingerprint density at radius 2 is 1.96 bits per heavy atom. The van der Waals surface area contributed by atoms with Gasteiger partial charge < -0.3 is 15.0 Å². The summed E-state index contributed by atoms with van der Waals surface area (Å²) < 4.78 is 9.62. The third-order valence-electron chi connectivity index (χ3n) is 4.28. The van der Waals surface area contributed by atoms with Gasteiger partial charge in [0.15, 0.2) is 5.13 Å². The number of methoxy groups -OCH3 is 1. The first-order valence-corrected chi connectivity index (χ1v) is 9.93. The minimum Gasteiger partial charge on any atom is -0.497 e. The maximum absolute atomic E-state index is 5.92. The molecule has 0 bridgehead atoms. The smallest absolute Gasteiger partial charge is 0.180 e. The van der Waals surface area contributed by atoms with Crippen molar-refractivity contribution in [3.8, 4) is 17.0 Å². The lowest BCUT2D eigenvalue weighted by Gasteiger charge is -2.10. The van der Waals surface area contributed by atoms with Crippen molar-refractivity contribution < 1.29 is 4.74 Å². The average Bonchev–Trinajstić information content (AvgIpc) is 3.08. The monoisotopic (exact) mass is 467 g/mol. The zero-order valence-electron chi connectivity index (χ0n) is 13.0. The number of nitrogen functional groups attached to an aromatic ring is 1. The van der Waals surface area contributed by atoms with Crippen LogP contribution < -0.4 is 10.5 Å². The number of nitrogens with two attached hydrogens (primary N) is 1. The number of fused-ring (bicyclic) bond motifs is 3. The van der Waals surface area contributed by atoms with E-state index in [9.17, 15) is 0 Å². The van der Waals surface area contributed by atoms with E-state index in [0.717, 1.165) is 40.0 Å². The van der Waals surface area contributed by atoms with Crippen LogP contribution in [0.5, 0.6) is 5.75 Å². The first-order chi connectivity index (χ1) is 11.6. The summed E-state index contributed by atoms with van der Waals surface area (Å²) in [5, 5.41) is 0.638. The molecule has 2 heterocycles. The van der Waals surface area contributed by atoms with Gasteiger partial charge in [-0.3, -0.25) is 0 Å². The third kappa shape index (κ3) is 2.59. The van der Waals surface area contributed by atoms with Gasteiger partial charge >= 0.3 is 0 Å². The molecule has 0 atom stereocenters. The highest BCUT2D eigenvalue weighted by Gasteiger charge is 2.29. The van der Waals surface area contributed by atoms with E-state index in [1.54, 1.807) is 18.4 Å². The molecule has 1 aromatic carbocycles. The molecule has 0 radical (unpaired) electrons. The molecule has 0 aliphatic heterocycles. The minimum atomic E-state index is 0.638. The number of anilines is 1. The first-order valence-electron chi connectivity index (χ1n) is 7.53. The zero-order valence-corrected chi connectivity index (χ0v) is 17.0. The molecule has 24 heavy (non-hydrogen) atoms. The summed E-state index contributed by atoms with van der Waals surface area (Å²) in [6.45, 7) is 0.771. The van der Waals surface area contributed by atoms with Crippen molar-refractivity contribution in [2.75, 3.05) is 12.8 Å². The summed E-state index contributed by atoms with van der Waals surface area (Å²) in [7, 11) is 1.68. The number of aromatic nitrogens is 2. The number of rotatable bonds is 3. The van der Waals surface area contributed by atoms with E-state index >= 15 is 0 Å². The number of halogens is 2. The number of benzene rings is 1. The SMILES string of the molecule is COc1ccc(Cn2c(Br)c3c(c2Br)-c2nc(N)sc2CC3)cc1. The highest BCUT2D eigenvalue weighted by molar-refractivity contribution is 9.11. The van der Waals surface area contributed by atoms with Gasteiger partial charge in [-0.15, -0.1) is 11.3 Å². The van der Waals surface area contributed by atoms with Gasteiger partial charge in [0.2, 0.25) is 0 Å². The van der Waals surface area contributed by atoms with Gasteiger partial charge in [0.25, 0.3) is 0 Å². The molecule has 124 valence electrons. The van der Waals surface area contributed by atoms with Gasteiger partial charge in [0.1, 0.15) is 5.75 Å². The molecule has 0 saturated carbocycles. The summed E-state index contributed by atoms with van der Waals surface area (Å²) >= 11 is 9.16. The van der Waals surface area contributed by atoms with Crippen molar-refractivity contribution >= 4 is 48.3 Å². The lowest BCUT2D eigenvalue weighted by atomic mass is 9.98. The highest BCUT2D eigenvalue weighted by atomic mass is 79.9. The van der Waals surface area contributed by atoms with Crippen LogP contribution in [0.1, 0.15) is 16.0 Å². The van der Waals surface area contributed by atoms with Crippen LogP contribution in [0.3, 0.4) is 0 Å². The predicted octanol–water partition coefficient (Wildman–Crippen LogP) is 4.87. The average molecular weight is 469 g/mol. The predicted molar refractivity (Wildman–Crippen MR) is 105 cm³/mol. The summed E-state index contributed by atoms with van der Waals surface area (Å²) in [6.07, 6.45) is 1.99. The second-order valence-corrected chi connectivity index (χ2v) is 8.31. The van der Waals surface area contributed by atoms with E-state index in [-0.39, 0.29) is 0 Å². The Balaban J connectivity index is 1.77. The molecule has 0 fully saturated rings. The van der Waals surface area contributed by atoms with Crippen LogP contribution in [0.2, 0.25) is 0 Å². The molecule has 0 amide bonds. The topological polar surface area (TPSA) is 53.1 Å². The van der Waals surface area contributed by atoms with Crippen LogP contribution in [0.25, 0.3) is 11.3 Å². The number of ether oxygens (including phenoxy) is 1. The lowest BCUT2D eigenvalue weighted by molar-refractivity contribution is 0.414. The molecule has 4 nitrogen and oxygen atoms in total. The second kappa shape index (κ2) is 6.20. The lowest BCUT2D eigenvalue weighted by Crippen LogP contribution is -2.01. The van der Waals surface area contributed by atoms with Crippen LogP contribution in [0.4, 0.5) is 5.13 Å². The Morgan fingerprint density at radius 1 is 1.21 bits per heavy atom. The van der Waals surface area contributed by atoms with Gasteiger partial charge in [-0.1, -0.05) is 12.1 Å². The number of nitrogens with zero attached hydrogens (tertiary/aromatic N) is 2. The summed E-state index contributed by atoms with van der Waals surface area (Å²) in [6, 6.07) is 8.14. The number of hydrogen-bond acceptors (Lipinski definition) is 4. The molecule has 1 aliphatic carbocycles. The summed E-state index contributed by atoms with van der Waals surface area (Å²) in [5.41, 5.74) is 10.6. The molecule has 2 N–H and O–H groups in total. The van der Waals surface area contributed by atoms with E-state index < -0.39 is 0 Å². The molecule has 2 aromatic heterocycles. The van der Waals surface area contributed by atoms with Crippen LogP contribution in [0.15, 0.2) is 33.5 Å². The molecular formula is C17H15Br2N3OS. The summed E-state index contributed by atoms with van der Waals surface area (Å²) in [4.78, 5) is 5.83. The molecule has 0 saturated heterocycles. The van der Waals surface area contributed by atoms with E-state index in [1.807, 2.05) is 12.1 Å². The largest absolute Gasteiger partial charge is 0.497 e. The Kier molecular flexibility index (Phi) is 4.18. The fourth-order valence-electron chi connectivity index (χ4n) is 3.11. The quantitative estimate of drug-likeness (QED) is 0.596. The number of hydrogen-bond donors (Lipinski definition) is 1. The molecule has 3 aromatic rings. The molecule has 4 rings (SSSR count). The van der Waals surface area contributed by atoms with Crippen molar-refractivity contribution in [2.45, 2.75) is 19.4 Å². The number of aryl methyl sites for hydroxylation is 1. The number of thiazole rings is 1. The van der Waals surface area contributed by atoms with E-state index in [4.69, 9.17) is 10.5 Å². The maximum atomic E-state index is 5.92. The minimum absolute atomic E-state index is 0.638. The normalized spacial score (nSPS) is 12.8. The molecular weight excluding hydrogens is 454 g/mol. The van der Waals surface area contributed by atoms with Crippen molar-refractivity contribution in [3.63, 3.8) is 0 Å². The molecule has 0 spiro atoms. The van der Waals surface area contributed by atoms with Crippen molar-refractivity contribution in [1.29, 1.82) is 0 Å². The van der Waals surface area contributed by atoms with Crippen LogP contribution in [0, 0.1) is 0 Å². The standard InChI is InChI=1S/C17H15Br2N3OS/c1-23-10-4-2-9(3-5-10)8-22-15(18)11-6-7-12-14(13(11)16(22)19)21-17(20)24-12/h2-5H,6-8H2,1H3,(H2,20,21). The van der Waals surface area contributed by atoms with Crippen LogP contribution in [-0.2, 0) is 19.4 Å². The zero-order chi connectivity index (χ0) is 16.8. The highest BCUT2D eigenvalue weighted by Crippen LogP contribution is 2.46. The van der Waals surface area contributed by atoms with Crippen molar-refractivity contribution in [3.05, 3.63) is 49.5 Å². The molecule has 1 aliphatic rings. The maximum Gasteiger partial charge on any atom is 0.180 e. The van der Waals surface area contributed by atoms with E-state index in [2.05, 4.69) is 53.5 Å². The Hall–Kier alpha value is -1.31. The van der Waals surface area contributed by atoms with Crippen molar-refractivity contribution in [1.82, 2.24) is 9.55 Å². The van der Waals surface area contributed by atoms with E-state index in [1.165, 1.54) is 21.6 Å². The van der Waals surface area contributed by atoms with Crippen LogP contribution in [-0.4, -0.2) is 16.7 Å².